The summed E-state index contributed by atoms with van der Waals surface area (Å²) in [7, 11) is 0. The second-order valence-electron chi connectivity index (χ2n) is 3.60. The molecule has 0 amide bonds. The Morgan fingerprint density at radius 1 is 1.33 bits per heavy atom. The molecule has 0 heterocycles. The van der Waals surface area contributed by atoms with E-state index in [2.05, 4.69) is 48.2 Å². The molecule has 1 atom stereocenters. The van der Waals surface area contributed by atoms with E-state index in [9.17, 15) is 0 Å². The number of benzene rings is 1. The summed E-state index contributed by atoms with van der Waals surface area (Å²) in [5, 5.41) is 1.24. The minimum absolute atomic E-state index is 0.352. The van der Waals surface area contributed by atoms with Crippen LogP contribution in [0.5, 0.6) is 0 Å². The predicted molar refractivity (Wildman–Crippen MR) is 68.3 cm³/mol. The van der Waals surface area contributed by atoms with E-state index < -0.39 is 0 Å². The summed E-state index contributed by atoms with van der Waals surface area (Å²) in [6.07, 6.45) is 4.52. The molecule has 0 fully saturated rings. The normalized spacial score (nSPS) is 12.7. The van der Waals surface area contributed by atoms with Gasteiger partial charge in [-0.3, -0.25) is 0 Å². The molecule has 0 spiro atoms. The number of rotatable bonds is 7. The molecular weight excluding hydrogens is 199 g/mol. The SMILES string of the molecule is [Li][CH2]CCC(OCc1ccccc1)SC. The molecule has 1 nitrogen and oxygen atoms in total. The van der Waals surface area contributed by atoms with Crippen molar-refractivity contribution in [3.8, 4) is 0 Å². The Labute approximate surface area is 106 Å². The first-order valence-corrected chi connectivity index (χ1v) is 6.84. The van der Waals surface area contributed by atoms with Crippen molar-refractivity contribution in [1.82, 2.24) is 0 Å². The number of hydrogen-bond donors (Lipinski definition) is 0. The average molecular weight is 216 g/mol. The second kappa shape index (κ2) is 8.30. The summed E-state index contributed by atoms with van der Waals surface area (Å²) in [6, 6.07) is 10.4. The van der Waals surface area contributed by atoms with E-state index in [0.717, 1.165) is 13.0 Å². The zero-order valence-electron chi connectivity index (χ0n) is 9.61. The molecule has 0 saturated heterocycles. The number of hydrogen-bond acceptors (Lipinski definition) is 2. The van der Waals surface area contributed by atoms with Gasteiger partial charge in [0.15, 0.2) is 0 Å². The van der Waals surface area contributed by atoms with Crippen LogP contribution in [0, 0.1) is 0 Å². The molecule has 0 bridgehead atoms. The second-order valence-corrected chi connectivity index (χ2v) is 4.60. The Kier molecular flexibility index (Phi) is 7.30. The monoisotopic (exact) mass is 216 g/mol. The van der Waals surface area contributed by atoms with E-state index in [4.69, 9.17) is 4.74 Å². The topological polar surface area (TPSA) is 9.23 Å². The van der Waals surface area contributed by atoms with Gasteiger partial charge in [0.25, 0.3) is 0 Å². The summed E-state index contributed by atoms with van der Waals surface area (Å²) in [4.78, 5) is 0. The van der Waals surface area contributed by atoms with Gasteiger partial charge in [-0.25, -0.2) is 0 Å². The van der Waals surface area contributed by atoms with Crippen LogP contribution in [0.2, 0.25) is 5.09 Å². The zero-order valence-corrected chi connectivity index (χ0v) is 10.4. The molecule has 0 radical (unpaired) electrons. The molecule has 1 aromatic rings. The van der Waals surface area contributed by atoms with Crippen LogP contribution < -0.4 is 0 Å². The van der Waals surface area contributed by atoms with Gasteiger partial charge < -0.3 is 0 Å². The summed E-state index contributed by atoms with van der Waals surface area (Å²) in [6.45, 7) is 0.732. The summed E-state index contributed by atoms with van der Waals surface area (Å²) >= 11 is 4.02. The molecule has 1 rings (SSSR count). The minimum atomic E-state index is 0.352. The van der Waals surface area contributed by atoms with Crippen molar-refractivity contribution in [2.45, 2.75) is 30.0 Å². The van der Waals surface area contributed by atoms with Crippen molar-refractivity contribution >= 4 is 29.5 Å². The van der Waals surface area contributed by atoms with Gasteiger partial charge in [-0.15, -0.1) is 0 Å². The molecule has 0 aliphatic carbocycles. The van der Waals surface area contributed by atoms with Gasteiger partial charge in [0.05, 0.1) is 0 Å². The third-order valence-corrected chi connectivity index (χ3v) is 3.23. The fraction of sp³-hybridized carbons (Fsp3) is 0.500. The van der Waals surface area contributed by atoms with Crippen molar-refractivity contribution in [1.29, 1.82) is 0 Å². The molecule has 0 aliphatic rings. The molecule has 0 aromatic heterocycles. The van der Waals surface area contributed by atoms with Gasteiger partial charge in [-0.05, 0) is 0 Å². The maximum absolute atomic E-state index is 5.84. The van der Waals surface area contributed by atoms with Gasteiger partial charge in [-0.1, -0.05) is 0 Å². The number of ether oxygens (including phenoxy) is 1. The molecule has 0 aliphatic heterocycles. The summed E-state index contributed by atoms with van der Waals surface area (Å²) in [5.74, 6) is 0. The van der Waals surface area contributed by atoms with Crippen LogP contribution in [0.25, 0.3) is 0 Å². The first-order chi connectivity index (χ1) is 7.36. The van der Waals surface area contributed by atoms with Crippen LogP contribution in [-0.2, 0) is 11.3 Å². The van der Waals surface area contributed by atoms with Crippen molar-refractivity contribution in [3.63, 3.8) is 0 Å². The number of thioether (sulfide) groups is 1. The maximum atomic E-state index is 5.84. The van der Waals surface area contributed by atoms with Crippen LogP contribution >= 0.6 is 11.8 Å². The fourth-order valence-corrected chi connectivity index (χ4v) is 2.01. The van der Waals surface area contributed by atoms with E-state index in [1.54, 1.807) is 11.8 Å². The van der Waals surface area contributed by atoms with E-state index in [-0.39, 0.29) is 0 Å². The van der Waals surface area contributed by atoms with E-state index in [1.807, 2.05) is 6.07 Å². The zero-order chi connectivity index (χ0) is 10.9. The molecule has 15 heavy (non-hydrogen) atoms. The van der Waals surface area contributed by atoms with Gasteiger partial charge in [0.1, 0.15) is 0 Å². The molecular formula is C12H17LiOS. The van der Waals surface area contributed by atoms with Crippen molar-refractivity contribution in [2.24, 2.45) is 0 Å². The standard InChI is InChI=1S/C12H17OS.Li/c1-3-7-12(14-2)13-10-11-8-5-4-6-9-11;/h4-6,8-9,12H,1,3,7,10H2,2H3;. The summed E-state index contributed by atoms with van der Waals surface area (Å²) < 4.78 is 5.84. The molecule has 0 saturated carbocycles. The quantitative estimate of drug-likeness (QED) is 0.511. The third-order valence-electron chi connectivity index (χ3n) is 2.33. The van der Waals surface area contributed by atoms with Gasteiger partial charge >= 0.3 is 106 Å². The van der Waals surface area contributed by atoms with Gasteiger partial charge in [-0.2, -0.15) is 0 Å². The van der Waals surface area contributed by atoms with E-state index in [0.29, 0.717) is 5.44 Å². The van der Waals surface area contributed by atoms with Crippen molar-refractivity contribution in [2.75, 3.05) is 6.26 Å². The molecule has 1 aromatic carbocycles. The van der Waals surface area contributed by atoms with Gasteiger partial charge in [0.2, 0.25) is 0 Å². The molecule has 78 valence electrons. The van der Waals surface area contributed by atoms with Crippen LogP contribution in [0.15, 0.2) is 30.3 Å². The first kappa shape index (κ1) is 13.2. The van der Waals surface area contributed by atoms with Crippen molar-refractivity contribution in [3.05, 3.63) is 35.9 Å². The van der Waals surface area contributed by atoms with Crippen LogP contribution in [0.4, 0.5) is 0 Å². The van der Waals surface area contributed by atoms with Crippen LogP contribution in [0.3, 0.4) is 0 Å². The Morgan fingerprint density at radius 3 is 2.67 bits per heavy atom. The Morgan fingerprint density at radius 2 is 2.07 bits per heavy atom. The third kappa shape index (κ3) is 5.68. The van der Waals surface area contributed by atoms with Crippen LogP contribution in [0.1, 0.15) is 18.4 Å². The molecule has 0 N–H and O–H groups in total. The molecule has 1 unspecified atom stereocenters. The molecule has 3 heteroatoms. The van der Waals surface area contributed by atoms with Gasteiger partial charge in [0, 0.05) is 0 Å². The fourth-order valence-electron chi connectivity index (χ4n) is 1.40. The van der Waals surface area contributed by atoms with E-state index in [1.165, 1.54) is 17.1 Å². The average Bonchev–Trinajstić information content (AvgIpc) is 2.31. The summed E-state index contributed by atoms with van der Waals surface area (Å²) in [5.41, 5.74) is 1.61. The Hall–Kier alpha value is 0.127. The van der Waals surface area contributed by atoms with Crippen molar-refractivity contribution < 1.29 is 4.74 Å². The first-order valence-electron chi connectivity index (χ1n) is 5.55. The predicted octanol–water partition coefficient (Wildman–Crippen LogP) is 3.26. The van der Waals surface area contributed by atoms with Crippen LogP contribution in [-0.4, -0.2) is 29.4 Å². The van der Waals surface area contributed by atoms with E-state index >= 15 is 0 Å². The Bertz CT molecular complexity index is 253. The Balaban J connectivity index is 2.28.